The molecule has 0 aromatic heterocycles. The summed E-state index contributed by atoms with van der Waals surface area (Å²) in [4.78, 5) is 2.63. The summed E-state index contributed by atoms with van der Waals surface area (Å²) in [5.74, 6) is 0.796. The maximum atomic E-state index is 3.78. The van der Waals surface area contributed by atoms with Crippen LogP contribution in [0.5, 0.6) is 0 Å². The summed E-state index contributed by atoms with van der Waals surface area (Å²) in [6, 6.07) is 12.5. The van der Waals surface area contributed by atoms with Crippen LogP contribution >= 0.6 is 0 Å². The zero-order valence-corrected chi connectivity index (χ0v) is 12.0. The molecular formula is C17H26N2. The maximum Gasteiger partial charge on any atom is 0.0221 e. The van der Waals surface area contributed by atoms with E-state index in [0.29, 0.717) is 0 Å². The lowest BCUT2D eigenvalue weighted by Gasteiger charge is -2.37. The van der Waals surface area contributed by atoms with E-state index in [-0.39, 0.29) is 0 Å². The molecule has 0 amide bonds. The molecule has 104 valence electrons. The van der Waals surface area contributed by atoms with Crippen molar-refractivity contribution in [3.63, 3.8) is 0 Å². The number of likely N-dealkylation sites (N-methyl/N-ethyl adjacent to an activating group) is 1. The lowest BCUT2D eigenvalue weighted by molar-refractivity contribution is 0.225. The second-order valence-electron chi connectivity index (χ2n) is 6.11. The smallest absolute Gasteiger partial charge is 0.0221 e. The van der Waals surface area contributed by atoms with E-state index in [1.165, 1.54) is 50.9 Å². The van der Waals surface area contributed by atoms with Gasteiger partial charge in [0.1, 0.15) is 0 Å². The summed E-state index contributed by atoms with van der Waals surface area (Å²) in [6.45, 7) is 6.00. The standard InChI is InChI=1S/C17H26N2/c1-2-19-10-6-9-17(19)13-18-16-11-15(12-16)14-7-4-3-5-8-14/h3-5,7-8,15-18H,2,6,9-13H2,1H3. The summed E-state index contributed by atoms with van der Waals surface area (Å²) in [6.07, 6.45) is 5.42. The summed E-state index contributed by atoms with van der Waals surface area (Å²) in [7, 11) is 0. The Morgan fingerprint density at radius 1 is 1.21 bits per heavy atom. The molecule has 2 heteroatoms. The average molecular weight is 258 g/mol. The van der Waals surface area contributed by atoms with Crippen molar-refractivity contribution >= 4 is 0 Å². The van der Waals surface area contributed by atoms with Crippen LogP contribution in [0.2, 0.25) is 0 Å². The van der Waals surface area contributed by atoms with Crippen LogP contribution in [0.3, 0.4) is 0 Å². The molecule has 2 nitrogen and oxygen atoms in total. The Morgan fingerprint density at radius 3 is 2.74 bits per heavy atom. The van der Waals surface area contributed by atoms with Gasteiger partial charge < -0.3 is 5.32 Å². The van der Waals surface area contributed by atoms with Gasteiger partial charge in [-0.05, 0) is 50.3 Å². The molecule has 1 N–H and O–H groups in total. The molecule has 0 spiro atoms. The summed E-state index contributed by atoms with van der Waals surface area (Å²) < 4.78 is 0. The van der Waals surface area contributed by atoms with Gasteiger partial charge in [-0.2, -0.15) is 0 Å². The van der Waals surface area contributed by atoms with Crippen molar-refractivity contribution < 1.29 is 0 Å². The van der Waals surface area contributed by atoms with E-state index in [2.05, 4.69) is 47.5 Å². The molecule has 1 heterocycles. The van der Waals surface area contributed by atoms with Crippen molar-refractivity contribution in [3.8, 4) is 0 Å². The summed E-state index contributed by atoms with van der Waals surface area (Å²) in [5, 5.41) is 3.78. The number of likely N-dealkylation sites (tertiary alicyclic amines) is 1. The van der Waals surface area contributed by atoms with Crippen molar-refractivity contribution in [2.75, 3.05) is 19.6 Å². The molecule has 0 radical (unpaired) electrons. The Hall–Kier alpha value is -0.860. The molecule has 1 saturated carbocycles. The van der Waals surface area contributed by atoms with Crippen LogP contribution in [0.4, 0.5) is 0 Å². The number of nitrogens with one attached hydrogen (secondary N) is 1. The van der Waals surface area contributed by atoms with E-state index < -0.39 is 0 Å². The fourth-order valence-corrected chi connectivity index (χ4v) is 3.63. The zero-order chi connectivity index (χ0) is 13.1. The molecule has 1 aliphatic carbocycles. The Kier molecular flexibility index (Phi) is 4.19. The van der Waals surface area contributed by atoms with Crippen molar-refractivity contribution in [2.45, 2.75) is 50.6 Å². The number of benzene rings is 1. The van der Waals surface area contributed by atoms with Crippen LogP contribution in [0.1, 0.15) is 44.1 Å². The van der Waals surface area contributed by atoms with Gasteiger partial charge in [0, 0.05) is 18.6 Å². The van der Waals surface area contributed by atoms with E-state index in [0.717, 1.165) is 18.0 Å². The van der Waals surface area contributed by atoms with Crippen LogP contribution in [0.15, 0.2) is 30.3 Å². The SMILES string of the molecule is CCN1CCCC1CNC1CC(c2ccccc2)C1. The first-order valence-electron chi connectivity index (χ1n) is 7.89. The van der Waals surface area contributed by atoms with Crippen LogP contribution in [0.25, 0.3) is 0 Å². The highest BCUT2D eigenvalue weighted by Crippen LogP contribution is 2.36. The highest BCUT2D eigenvalue weighted by molar-refractivity contribution is 5.22. The minimum absolute atomic E-state index is 0.754. The number of nitrogens with zero attached hydrogens (tertiary/aromatic N) is 1. The lowest BCUT2D eigenvalue weighted by Crippen LogP contribution is -2.46. The molecule has 3 rings (SSSR count). The van der Waals surface area contributed by atoms with E-state index in [1.807, 2.05) is 0 Å². The topological polar surface area (TPSA) is 15.3 Å². The van der Waals surface area contributed by atoms with E-state index in [1.54, 1.807) is 0 Å². The summed E-state index contributed by atoms with van der Waals surface area (Å²) in [5.41, 5.74) is 1.52. The average Bonchev–Trinajstić information content (AvgIpc) is 2.85. The van der Waals surface area contributed by atoms with Gasteiger partial charge in [-0.1, -0.05) is 37.3 Å². The van der Waals surface area contributed by atoms with Gasteiger partial charge in [0.15, 0.2) is 0 Å². The zero-order valence-electron chi connectivity index (χ0n) is 12.0. The molecule has 1 aliphatic heterocycles. The van der Waals surface area contributed by atoms with Crippen LogP contribution in [-0.4, -0.2) is 36.6 Å². The molecule has 1 saturated heterocycles. The summed E-state index contributed by atoms with van der Waals surface area (Å²) >= 11 is 0. The van der Waals surface area contributed by atoms with Crippen molar-refractivity contribution in [2.24, 2.45) is 0 Å². The molecule has 2 aliphatic rings. The predicted octanol–water partition coefficient (Wildman–Crippen LogP) is 3.01. The maximum absolute atomic E-state index is 3.78. The molecule has 1 aromatic carbocycles. The lowest BCUT2D eigenvalue weighted by atomic mass is 9.76. The van der Waals surface area contributed by atoms with Crippen LogP contribution in [0, 0.1) is 0 Å². The quantitative estimate of drug-likeness (QED) is 0.873. The molecule has 1 atom stereocenters. The fraction of sp³-hybridized carbons (Fsp3) is 0.647. The second kappa shape index (κ2) is 6.06. The first-order valence-corrected chi connectivity index (χ1v) is 7.89. The van der Waals surface area contributed by atoms with Crippen molar-refractivity contribution in [3.05, 3.63) is 35.9 Å². The molecule has 1 aromatic rings. The minimum Gasteiger partial charge on any atom is -0.312 e. The third kappa shape index (κ3) is 3.01. The fourth-order valence-electron chi connectivity index (χ4n) is 3.63. The third-order valence-electron chi connectivity index (χ3n) is 4.96. The molecule has 0 bridgehead atoms. The van der Waals surface area contributed by atoms with Crippen molar-refractivity contribution in [1.82, 2.24) is 10.2 Å². The van der Waals surface area contributed by atoms with E-state index in [9.17, 15) is 0 Å². The normalized spacial score (nSPS) is 31.3. The monoisotopic (exact) mass is 258 g/mol. The minimum atomic E-state index is 0.754. The Morgan fingerprint density at radius 2 is 2.00 bits per heavy atom. The Bertz CT molecular complexity index is 384. The molecule has 2 fully saturated rings. The third-order valence-corrected chi connectivity index (χ3v) is 4.96. The first-order chi connectivity index (χ1) is 9.36. The Balaban J connectivity index is 1.40. The van der Waals surface area contributed by atoms with Gasteiger partial charge in [-0.15, -0.1) is 0 Å². The molecule has 1 unspecified atom stereocenters. The van der Waals surface area contributed by atoms with Crippen molar-refractivity contribution in [1.29, 1.82) is 0 Å². The van der Waals surface area contributed by atoms with Crippen LogP contribution in [-0.2, 0) is 0 Å². The van der Waals surface area contributed by atoms with Gasteiger partial charge in [0.2, 0.25) is 0 Å². The first kappa shape index (κ1) is 13.1. The predicted molar refractivity (Wildman–Crippen MR) is 80.5 cm³/mol. The molecular weight excluding hydrogens is 232 g/mol. The van der Waals surface area contributed by atoms with E-state index in [4.69, 9.17) is 0 Å². The van der Waals surface area contributed by atoms with Gasteiger partial charge >= 0.3 is 0 Å². The largest absolute Gasteiger partial charge is 0.312 e. The van der Waals surface area contributed by atoms with E-state index >= 15 is 0 Å². The van der Waals surface area contributed by atoms with Gasteiger partial charge in [-0.3, -0.25) is 4.90 Å². The van der Waals surface area contributed by atoms with Gasteiger partial charge in [-0.25, -0.2) is 0 Å². The van der Waals surface area contributed by atoms with Gasteiger partial charge in [0.05, 0.1) is 0 Å². The number of hydrogen-bond donors (Lipinski definition) is 1. The second-order valence-corrected chi connectivity index (χ2v) is 6.11. The molecule has 19 heavy (non-hydrogen) atoms. The number of hydrogen-bond acceptors (Lipinski definition) is 2. The Labute approximate surface area is 117 Å². The highest BCUT2D eigenvalue weighted by Gasteiger charge is 2.31. The number of rotatable bonds is 5. The highest BCUT2D eigenvalue weighted by atomic mass is 15.2. The van der Waals surface area contributed by atoms with Gasteiger partial charge in [0.25, 0.3) is 0 Å². The van der Waals surface area contributed by atoms with Crippen LogP contribution < -0.4 is 5.32 Å².